The molecular formula is C23H23NO3S2. The SMILES string of the molecule is CCS(=O)(=O)c1ccc(Sc2ccccc2C(=O)NCc2ccc(C)cc2)cc1. The molecule has 0 aliphatic rings. The second kappa shape index (κ2) is 9.29. The Morgan fingerprint density at radius 3 is 2.24 bits per heavy atom. The van der Waals surface area contributed by atoms with Crippen LogP contribution in [0.15, 0.2) is 87.5 Å². The van der Waals surface area contributed by atoms with Gasteiger partial charge in [-0.2, -0.15) is 0 Å². The highest BCUT2D eigenvalue weighted by Gasteiger charge is 2.14. The molecule has 3 aromatic rings. The lowest BCUT2D eigenvalue weighted by atomic mass is 10.1. The number of hydrogen-bond donors (Lipinski definition) is 1. The number of hydrogen-bond acceptors (Lipinski definition) is 4. The third kappa shape index (κ3) is 5.49. The summed E-state index contributed by atoms with van der Waals surface area (Å²) in [7, 11) is -3.22. The van der Waals surface area contributed by atoms with E-state index in [1.165, 1.54) is 17.3 Å². The Morgan fingerprint density at radius 1 is 0.931 bits per heavy atom. The third-order valence-corrected chi connectivity index (χ3v) is 7.33. The van der Waals surface area contributed by atoms with E-state index in [0.29, 0.717) is 17.0 Å². The lowest BCUT2D eigenvalue weighted by Crippen LogP contribution is -2.23. The second-order valence-electron chi connectivity index (χ2n) is 6.64. The van der Waals surface area contributed by atoms with E-state index in [1.807, 2.05) is 49.4 Å². The summed E-state index contributed by atoms with van der Waals surface area (Å²) in [4.78, 5) is 14.7. The first kappa shape index (κ1) is 21.1. The number of nitrogens with one attached hydrogen (secondary N) is 1. The second-order valence-corrected chi connectivity index (χ2v) is 10.0. The van der Waals surface area contributed by atoms with E-state index in [2.05, 4.69) is 5.32 Å². The minimum absolute atomic E-state index is 0.0729. The highest BCUT2D eigenvalue weighted by atomic mass is 32.2. The molecule has 0 aliphatic heterocycles. The fourth-order valence-corrected chi connectivity index (χ4v) is 4.56. The first-order valence-electron chi connectivity index (χ1n) is 9.32. The zero-order chi connectivity index (χ0) is 20.9. The lowest BCUT2D eigenvalue weighted by Gasteiger charge is -2.11. The van der Waals surface area contributed by atoms with Crippen molar-refractivity contribution in [2.45, 2.75) is 35.1 Å². The molecule has 0 fully saturated rings. The first-order valence-corrected chi connectivity index (χ1v) is 11.8. The first-order chi connectivity index (χ1) is 13.9. The standard InChI is InChI=1S/C23H23NO3S2/c1-3-29(26,27)20-14-12-19(13-15-20)28-22-7-5-4-6-21(22)23(25)24-16-18-10-8-17(2)9-11-18/h4-15H,3,16H2,1-2H3,(H,24,25). The summed E-state index contributed by atoms with van der Waals surface area (Å²) in [5, 5.41) is 2.97. The van der Waals surface area contributed by atoms with Gasteiger partial charge in [-0.05, 0) is 48.9 Å². The topological polar surface area (TPSA) is 63.2 Å². The maximum absolute atomic E-state index is 12.7. The molecule has 3 aromatic carbocycles. The minimum Gasteiger partial charge on any atom is -0.348 e. The molecule has 0 aliphatic carbocycles. The Hall–Kier alpha value is -2.57. The average Bonchev–Trinajstić information content (AvgIpc) is 2.74. The molecule has 0 saturated carbocycles. The number of benzene rings is 3. The molecular weight excluding hydrogens is 402 g/mol. The van der Waals surface area contributed by atoms with Crippen LogP contribution in [-0.4, -0.2) is 20.1 Å². The Morgan fingerprint density at radius 2 is 1.59 bits per heavy atom. The number of sulfone groups is 1. The van der Waals surface area contributed by atoms with Gasteiger partial charge in [0.15, 0.2) is 9.84 Å². The monoisotopic (exact) mass is 425 g/mol. The Bertz CT molecular complexity index is 1090. The van der Waals surface area contributed by atoms with Gasteiger partial charge in [0.05, 0.1) is 16.2 Å². The summed E-state index contributed by atoms with van der Waals surface area (Å²) in [5.74, 6) is -0.0671. The molecule has 4 nitrogen and oxygen atoms in total. The molecule has 6 heteroatoms. The summed E-state index contributed by atoms with van der Waals surface area (Å²) in [6.45, 7) is 4.12. The van der Waals surface area contributed by atoms with Gasteiger partial charge in [0.1, 0.15) is 0 Å². The number of carbonyl (C=O) groups is 1. The van der Waals surface area contributed by atoms with Crippen molar-refractivity contribution in [2.75, 3.05) is 5.75 Å². The summed E-state index contributed by atoms with van der Waals surface area (Å²) in [6, 6.07) is 22.2. The summed E-state index contributed by atoms with van der Waals surface area (Å²) in [5.41, 5.74) is 2.82. The van der Waals surface area contributed by atoms with Gasteiger partial charge in [-0.3, -0.25) is 4.79 Å². The number of carbonyl (C=O) groups excluding carboxylic acids is 1. The van der Waals surface area contributed by atoms with Crippen LogP contribution in [0.5, 0.6) is 0 Å². The maximum Gasteiger partial charge on any atom is 0.252 e. The molecule has 0 radical (unpaired) electrons. The molecule has 1 N–H and O–H groups in total. The Kier molecular flexibility index (Phi) is 6.77. The van der Waals surface area contributed by atoms with Crippen molar-refractivity contribution in [2.24, 2.45) is 0 Å². The zero-order valence-electron chi connectivity index (χ0n) is 16.4. The van der Waals surface area contributed by atoms with Crippen molar-refractivity contribution < 1.29 is 13.2 Å². The molecule has 150 valence electrons. The van der Waals surface area contributed by atoms with E-state index in [-0.39, 0.29) is 11.7 Å². The van der Waals surface area contributed by atoms with Crippen LogP contribution in [0.4, 0.5) is 0 Å². The van der Waals surface area contributed by atoms with Crippen LogP contribution < -0.4 is 5.32 Å². The zero-order valence-corrected chi connectivity index (χ0v) is 18.0. The van der Waals surface area contributed by atoms with E-state index in [9.17, 15) is 13.2 Å². The number of aryl methyl sites for hydroxylation is 1. The van der Waals surface area contributed by atoms with E-state index >= 15 is 0 Å². The van der Waals surface area contributed by atoms with Crippen molar-refractivity contribution in [1.29, 1.82) is 0 Å². The van der Waals surface area contributed by atoms with Crippen LogP contribution in [0.3, 0.4) is 0 Å². The third-order valence-electron chi connectivity index (χ3n) is 4.50. The van der Waals surface area contributed by atoms with Crippen LogP contribution in [0.2, 0.25) is 0 Å². The molecule has 1 amide bonds. The maximum atomic E-state index is 12.7. The van der Waals surface area contributed by atoms with Gasteiger partial charge in [0.2, 0.25) is 0 Å². The molecule has 0 bridgehead atoms. The van der Waals surface area contributed by atoms with Crippen LogP contribution in [-0.2, 0) is 16.4 Å². The van der Waals surface area contributed by atoms with Crippen LogP contribution in [0.1, 0.15) is 28.4 Å². The molecule has 0 atom stereocenters. The van der Waals surface area contributed by atoms with E-state index in [0.717, 1.165) is 15.4 Å². The van der Waals surface area contributed by atoms with Crippen molar-refractivity contribution in [3.8, 4) is 0 Å². The summed E-state index contributed by atoms with van der Waals surface area (Å²) >= 11 is 1.44. The lowest BCUT2D eigenvalue weighted by molar-refractivity contribution is 0.0948. The number of rotatable bonds is 7. The van der Waals surface area contributed by atoms with Crippen LogP contribution in [0.25, 0.3) is 0 Å². The fourth-order valence-electron chi connectivity index (χ4n) is 2.74. The van der Waals surface area contributed by atoms with Crippen molar-refractivity contribution in [3.63, 3.8) is 0 Å². The van der Waals surface area contributed by atoms with E-state index < -0.39 is 9.84 Å². The van der Waals surface area contributed by atoms with Gasteiger partial charge in [0, 0.05) is 16.3 Å². The Labute approximate surface area is 176 Å². The molecule has 0 saturated heterocycles. The summed E-state index contributed by atoms with van der Waals surface area (Å²) < 4.78 is 23.9. The van der Waals surface area contributed by atoms with Gasteiger partial charge in [0.25, 0.3) is 5.91 Å². The van der Waals surface area contributed by atoms with Gasteiger partial charge >= 0.3 is 0 Å². The predicted octanol–water partition coefficient (Wildman–Crippen LogP) is 4.87. The normalized spacial score (nSPS) is 11.2. The van der Waals surface area contributed by atoms with Gasteiger partial charge in [-0.25, -0.2) is 8.42 Å². The molecule has 0 aromatic heterocycles. The highest BCUT2D eigenvalue weighted by molar-refractivity contribution is 7.99. The van der Waals surface area contributed by atoms with E-state index in [4.69, 9.17) is 0 Å². The molecule has 29 heavy (non-hydrogen) atoms. The molecule has 3 rings (SSSR count). The number of amides is 1. The highest BCUT2D eigenvalue weighted by Crippen LogP contribution is 2.31. The van der Waals surface area contributed by atoms with E-state index in [1.54, 1.807) is 37.3 Å². The quantitative estimate of drug-likeness (QED) is 0.587. The van der Waals surface area contributed by atoms with Crippen molar-refractivity contribution in [3.05, 3.63) is 89.5 Å². The van der Waals surface area contributed by atoms with Gasteiger partial charge in [-0.1, -0.05) is 60.6 Å². The van der Waals surface area contributed by atoms with Gasteiger partial charge in [-0.15, -0.1) is 0 Å². The largest absolute Gasteiger partial charge is 0.348 e. The van der Waals surface area contributed by atoms with Crippen LogP contribution >= 0.6 is 11.8 Å². The average molecular weight is 426 g/mol. The minimum atomic E-state index is -3.22. The molecule has 0 heterocycles. The fraction of sp³-hybridized carbons (Fsp3) is 0.174. The van der Waals surface area contributed by atoms with Crippen molar-refractivity contribution in [1.82, 2.24) is 5.32 Å². The predicted molar refractivity (Wildman–Crippen MR) is 117 cm³/mol. The summed E-state index contributed by atoms with van der Waals surface area (Å²) in [6.07, 6.45) is 0. The van der Waals surface area contributed by atoms with Crippen molar-refractivity contribution >= 4 is 27.5 Å². The smallest absolute Gasteiger partial charge is 0.252 e. The molecule has 0 unspecified atom stereocenters. The Balaban J connectivity index is 1.73. The van der Waals surface area contributed by atoms with Gasteiger partial charge < -0.3 is 5.32 Å². The molecule has 0 spiro atoms. The van der Waals surface area contributed by atoms with Crippen LogP contribution in [0, 0.1) is 6.92 Å².